The average Bonchev–Trinajstić information content (AvgIpc) is 2.37. The van der Waals surface area contributed by atoms with E-state index in [1.165, 1.54) is 25.0 Å². The molecule has 1 saturated heterocycles. The van der Waals surface area contributed by atoms with E-state index in [9.17, 15) is 9.59 Å². The van der Waals surface area contributed by atoms with Gasteiger partial charge >= 0.3 is 12.0 Å². The quantitative estimate of drug-likeness (QED) is 0.619. The molecular formula is C12H22N2O3S. The standard InChI is InChI=1S/C12H22N2O3S/c15-11(16)6-1-3-7-13-12(17)14-9-10-5-2-4-8-18-10/h10H,1-9H2,(H,15,16)(H2,13,14,17). The van der Waals surface area contributed by atoms with Crippen LogP contribution in [0.15, 0.2) is 0 Å². The Morgan fingerprint density at radius 2 is 2.06 bits per heavy atom. The first kappa shape index (κ1) is 15.1. The lowest BCUT2D eigenvalue weighted by molar-refractivity contribution is -0.137. The Bertz CT molecular complexity index is 268. The molecule has 0 aromatic carbocycles. The summed E-state index contributed by atoms with van der Waals surface area (Å²) in [4.78, 5) is 21.7. The number of nitrogens with one attached hydrogen (secondary N) is 2. The molecule has 1 aliphatic rings. The maximum Gasteiger partial charge on any atom is 0.314 e. The van der Waals surface area contributed by atoms with Gasteiger partial charge in [-0.05, 0) is 31.4 Å². The van der Waals surface area contributed by atoms with Gasteiger partial charge < -0.3 is 15.7 Å². The molecule has 1 aliphatic heterocycles. The number of hydrogen-bond acceptors (Lipinski definition) is 3. The third-order valence-electron chi connectivity index (χ3n) is 2.87. The second-order valence-corrected chi connectivity index (χ2v) is 5.88. The smallest absolute Gasteiger partial charge is 0.314 e. The number of carboxylic acid groups (broad SMARTS) is 1. The van der Waals surface area contributed by atoms with Gasteiger partial charge in [0.1, 0.15) is 0 Å². The molecule has 0 aromatic rings. The van der Waals surface area contributed by atoms with E-state index < -0.39 is 5.97 Å². The fourth-order valence-electron chi connectivity index (χ4n) is 1.84. The number of amides is 2. The lowest BCUT2D eigenvalue weighted by atomic mass is 10.2. The van der Waals surface area contributed by atoms with Crippen molar-refractivity contribution < 1.29 is 14.7 Å². The number of rotatable bonds is 7. The molecule has 0 bridgehead atoms. The van der Waals surface area contributed by atoms with Crippen LogP contribution in [0.4, 0.5) is 4.79 Å². The molecule has 3 N–H and O–H groups in total. The number of urea groups is 1. The topological polar surface area (TPSA) is 78.4 Å². The predicted molar refractivity (Wildman–Crippen MR) is 73.0 cm³/mol. The maximum absolute atomic E-state index is 11.4. The molecule has 6 heteroatoms. The summed E-state index contributed by atoms with van der Waals surface area (Å²) < 4.78 is 0. The largest absolute Gasteiger partial charge is 0.481 e. The van der Waals surface area contributed by atoms with Gasteiger partial charge in [-0.1, -0.05) is 6.42 Å². The fourth-order valence-corrected chi connectivity index (χ4v) is 3.08. The van der Waals surface area contributed by atoms with E-state index >= 15 is 0 Å². The summed E-state index contributed by atoms with van der Waals surface area (Å²) in [6.45, 7) is 1.27. The summed E-state index contributed by atoms with van der Waals surface area (Å²) in [6, 6.07) is -0.142. The lowest BCUT2D eigenvalue weighted by Crippen LogP contribution is -2.39. The van der Waals surface area contributed by atoms with E-state index in [-0.39, 0.29) is 12.5 Å². The van der Waals surface area contributed by atoms with Crippen molar-refractivity contribution >= 4 is 23.8 Å². The first-order valence-electron chi connectivity index (χ1n) is 6.53. The van der Waals surface area contributed by atoms with Crippen molar-refractivity contribution in [2.75, 3.05) is 18.8 Å². The molecule has 104 valence electrons. The molecule has 5 nitrogen and oxygen atoms in total. The second kappa shape index (κ2) is 9.08. The molecule has 2 amide bonds. The Morgan fingerprint density at radius 1 is 1.22 bits per heavy atom. The number of thioether (sulfide) groups is 1. The van der Waals surface area contributed by atoms with Crippen LogP contribution in [0.5, 0.6) is 0 Å². The molecule has 1 unspecified atom stereocenters. The Morgan fingerprint density at radius 3 is 2.72 bits per heavy atom. The Kier molecular flexibility index (Phi) is 7.64. The van der Waals surface area contributed by atoms with Gasteiger partial charge in [-0.2, -0.15) is 11.8 Å². The highest BCUT2D eigenvalue weighted by Crippen LogP contribution is 2.24. The lowest BCUT2D eigenvalue weighted by Gasteiger charge is -2.21. The van der Waals surface area contributed by atoms with Crippen LogP contribution in [0, 0.1) is 0 Å². The van der Waals surface area contributed by atoms with Gasteiger partial charge in [0.15, 0.2) is 0 Å². The van der Waals surface area contributed by atoms with Gasteiger partial charge in [0, 0.05) is 24.8 Å². The molecule has 0 radical (unpaired) electrons. The van der Waals surface area contributed by atoms with E-state index in [1.807, 2.05) is 11.8 Å². The van der Waals surface area contributed by atoms with Crippen LogP contribution in [0.25, 0.3) is 0 Å². The first-order valence-corrected chi connectivity index (χ1v) is 7.58. The third-order valence-corrected chi connectivity index (χ3v) is 4.27. The number of aliphatic carboxylic acids is 1. The molecule has 1 heterocycles. The molecular weight excluding hydrogens is 252 g/mol. The van der Waals surface area contributed by atoms with Crippen LogP contribution >= 0.6 is 11.8 Å². The number of hydrogen-bond donors (Lipinski definition) is 3. The van der Waals surface area contributed by atoms with Crippen molar-refractivity contribution in [2.45, 2.75) is 43.8 Å². The van der Waals surface area contributed by atoms with Gasteiger partial charge in [0.25, 0.3) is 0 Å². The summed E-state index contributed by atoms with van der Waals surface area (Å²) in [5, 5.41) is 14.6. The van der Waals surface area contributed by atoms with Crippen molar-refractivity contribution in [3.8, 4) is 0 Å². The average molecular weight is 274 g/mol. The minimum absolute atomic E-state index is 0.142. The molecule has 1 atom stereocenters. The van der Waals surface area contributed by atoms with Gasteiger partial charge in [-0.25, -0.2) is 4.79 Å². The zero-order valence-corrected chi connectivity index (χ0v) is 11.4. The van der Waals surface area contributed by atoms with Crippen LogP contribution in [-0.4, -0.2) is 41.2 Å². The molecule has 1 fully saturated rings. The van der Waals surface area contributed by atoms with Crippen molar-refractivity contribution in [1.82, 2.24) is 10.6 Å². The molecule has 18 heavy (non-hydrogen) atoms. The zero-order valence-electron chi connectivity index (χ0n) is 10.6. The first-order chi connectivity index (χ1) is 8.68. The van der Waals surface area contributed by atoms with Crippen LogP contribution in [0.3, 0.4) is 0 Å². The van der Waals surface area contributed by atoms with E-state index in [1.54, 1.807) is 0 Å². The number of carbonyl (C=O) groups is 2. The monoisotopic (exact) mass is 274 g/mol. The summed E-state index contributed by atoms with van der Waals surface area (Å²) in [5.41, 5.74) is 0. The minimum atomic E-state index is -0.784. The normalized spacial score (nSPS) is 19.2. The molecule has 1 rings (SSSR count). The number of carbonyl (C=O) groups excluding carboxylic acids is 1. The van der Waals surface area contributed by atoms with Gasteiger partial charge in [-0.3, -0.25) is 4.79 Å². The SMILES string of the molecule is O=C(O)CCCCNC(=O)NCC1CCCCS1. The molecule has 0 spiro atoms. The van der Waals surface area contributed by atoms with Gasteiger partial charge in [0.05, 0.1) is 0 Å². The van der Waals surface area contributed by atoms with Crippen molar-refractivity contribution in [3.05, 3.63) is 0 Å². The van der Waals surface area contributed by atoms with Crippen LogP contribution in [-0.2, 0) is 4.79 Å². The Balaban J connectivity index is 1.94. The molecule has 0 aliphatic carbocycles. The second-order valence-electron chi connectivity index (χ2n) is 4.48. The summed E-state index contributed by atoms with van der Waals surface area (Å²) in [6.07, 6.45) is 5.21. The van der Waals surface area contributed by atoms with E-state index in [4.69, 9.17) is 5.11 Å². The van der Waals surface area contributed by atoms with E-state index in [0.717, 1.165) is 6.54 Å². The van der Waals surface area contributed by atoms with Crippen LogP contribution in [0.2, 0.25) is 0 Å². The van der Waals surface area contributed by atoms with Crippen LogP contribution in [0.1, 0.15) is 38.5 Å². The highest BCUT2D eigenvalue weighted by Gasteiger charge is 2.14. The predicted octanol–water partition coefficient (Wildman–Crippen LogP) is 1.83. The van der Waals surface area contributed by atoms with Crippen molar-refractivity contribution in [3.63, 3.8) is 0 Å². The summed E-state index contributed by atoms with van der Waals surface area (Å²) >= 11 is 1.93. The Labute approximate surface area is 112 Å². The molecule has 0 saturated carbocycles. The van der Waals surface area contributed by atoms with Gasteiger partial charge in [0.2, 0.25) is 0 Å². The highest BCUT2D eigenvalue weighted by atomic mass is 32.2. The number of carboxylic acids is 1. The maximum atomic E-state index is 11.4. The van der Waals surface area contributed by atoms with Crippen LogP contribution < -0.4 is 10.6 Å². The molecule has 0 aromatic heterocycles. The van der Waals surface area contributed by atoms with Crippen molar-refractivity contribution in [1.29, 1.82) is 0 Å². The Hall–Kier alpha value is -0.910. The highest BCUT2D eigenvalue weighted by molar-refractivity contribution is 7.99. The van der Waals surface area contributed by atoms with E-state index in [0.29, 0.717) is 24.6 Å². The fraction of sp³-hybridized carbons (Fsp3) is 0.833. The third kappa shape index (κ3) is 7.42. The zero-order chi connectivity index (χ0) is 13.2. The number of unbranched alkanes of at least 4 members (excludes halogenated alkanes) is 1. The summed E-state index contributed by atoms with van der Waals surface area (Å²) in [5.74, 6) is 0.414. The van der Waals surface area contributed by atoms with E-state index in [2.05, 4.69) is 10.6 Å². The van der Waals surface area contributed by atoms with Gasteiger partial charge in [-0.15, -0.1) is 0 Å². The summed E-state index contributed by atoms with van der Waals surface area (Å²) in [7, 11) is 0. The van der Waals surface area contributed by atoms with Crippen molar-refractivity contribution in [2.24, 2.45) is 0 Å². The minimum Gasteiger partial charge on any atom is -0.481 e.